The van der Waals surface area contributed by atoms with Crippen molar-refractivity contribution < 1.29 is 9.90 Å². The molecule has 112 valence electrons. The van der Waals surface area contributed by atoms with Crippen molar-refractivity contribution in [3.05, 3.63) is 96.1 Å². The molecule has 0 spiro atoms. The molecule has 23 heavy (non-hydrogen) atoms. The van der Waals surface area contributed by atoms with Crippen LogP contribution in [-0.2, 0) is 0 Å². The van der Waals surface area contributed by atoms with Gasteiger partial charge in [-0.05, 0) is 34.9 Å². The summed E-state index contributed by atoms with van der Waals surface area (Å²) in [6.45, 7) is 0. The van der Waals surface area contributed by atoms with Gasteiger partial charge in [-0.1, -0.05) is 72.8 Å². The average molecular weight is 300 g/mol. The molecule has 3 aromatic carbocycles. The van der Waals surface area contributed by atoms with Gasteiger partial charge in [-0.2, -0.15) is 0 Å². The fourth-order valence-corrected chi connectivity index (χ4v) is 2.31. The second-order valence-electron chi connectivity index (χ2n) is 5.23. The van der Waals surface area contributed by atoms with Crippen LogP contribution < -0.4 is 0 Å². The summed E-state index contributed by atoms with van der Waals surface area (Å²) in [7, 11) is 0. The Morgan fingerprint density at radius 1 is 0.739 bits per heavy atom. The zero-order chi connectivity index (χ0) is 16.1. The lowest BCUT2D eigenvalue weighted by atomic mass is 10.0. The Hall–Kier alpha value is -3.13. The molecular formula is C21H16O2. The minimum absolute atomic E-state index is 0.0438. The number of hydrogen-bond donors (Lipinski definition) is 1. The second-order valence-corrected chi connectivity index (χ2v) is 5.23. The van der Waals surface area contributed by atoms with E-state index in [9.17, 15) is 9.90 Å². The lowest BCUT2D eigenvalue weighted by Gasteiger charge is -2.02. The first kappa shape index (κ1) is 14.8. The fraction of sp³-hybridized carbons (Fsp3) is 0. The van der Waals surface area contributed by atoms with E-state index >= 15 is 0 Å². The predicted molar refractivity (Wildman–Crippen MR) is 93.3 cm³/mol. The Kier molecular flexibility index (Phi) is 4.34. The van der Waals surface area contributed by atoms with Crippen molar-refractivity contribution in [2.45, 2.75) is 0 Å². The highest BCUT2D eigenvalue weighted by Gasteiger charge is 2.03. The van der Waals surface area contributed by atoms with E-state index in [2.05, 4.69) is 0 Å². The quantitative estimate of drug-likeness (QED) is 0.546. The van der Waals surface area contributed by atoms with Crippen molar-refractivity contribution in [1.29, 1.82) is 0 Å². The molecule has 1 N–H and O–H groups in total. The predicted octanol–water partition coefficient (Wildman–Crippen LogP) is 4.96. The van der Waals surface area contributed by atoms with Gasteiger partial charge in [0.2, 0.25) is 0 Å². The molecule has 3 rings (SSSR count). The van der Waals surface area contributed by atoms with Crippen LogP contribution in [0.3, 0.4) is 0 Å². The maximum atomic E-state index is 12.2. The van der Waals surface area contributed by atoms with E-state index in [1.54, 1.807) is 36.4 Å². The summed E-state index contributed by atoms with van der Waals surface area (Å²) in [5.41, 5.74) is 3.74. The molecule has 0 aliphatic carbocycles. The van der Waals surface area contributed by atoms with Gasteiger partial charge < -0.3 is 5.11 Å². The van der Waals surface area contributed by atoms with Gasteiger partial charge in [0.05, 0.1) is 0 Å². The Balaban J connectivity index is 1.74. The Morgan fingerprint density at radius 2 is 1.35 bits per heavy atom. The SMILES string of the molecule is O=C(C=Cc1ccc(O)cc1)c1ccc(-c2ccccc2)cc1. The number of allylic oxidation sites excluding steroid dienone is 1. The van der Waals surface area contributed by atoms with Crippen molar-refractivity contribution in [2.75, 3.05) is 0 Å². The lowest BCUT2D eigenvalue weighted by Crippen LogP contribution is -1.93. The molecule has 0 saturated carbocycles. The van der Waals surface area contributed by atoms with Gasteiger partial charge in [0.25, 0.3) is 0 Å². The van der Waals surface area contributed by atoms with Crippen LogP contribution >= 0.6 is 0 Å². The van der Waals surface area contributed by atoms with Gasteiger partial charge >= 0.3 is 0 Å². The first-order valence-electron chi connectivity index (χ1n) is 7.39. The summed E-state index contributed by atoms with van der Waals surface area (Å²) in [6.07, 6.45) is 3.29. The van der Waals surface area contributed by atoms with Crippen LogP contribution in [0.1, 0.15) is 15.9 Å². The molecule has 0 heterocycles. The largest absolute Gasteiger partial charge is 0.508 e. The molecular weight excluding hydrogens is 284 g/mol. The van der Waals surface area contributed by atoms with Crippen molar-refractivity contribution in [3.63, 3.8) is 0 Å². The standard InChI is InChI=1S/C21H16O2/c22-20-13-6-16(7-14-20)8-15-21(23)19-11-9-18(10-12-19)17-4-2-1-3-5-17/h1-15,22H. The third kappa shape index (κ3) is 3.74. The molecule has 0 radical (unpaired) electrons. The smallest absolute Gasteiger partial charge is 0.185 e. The van der Waals surface area contributed by atoms with Gasteiger partial charge in [0.15, 0.2) is 5.78 Å². The Morgan fingerprint density at radius 3 is 2.00 bits per heavy atom. The van der Waals surface area contributed by atoms with Crippen LogP contribution in [0.2, 0.25) is 0 Å². The van der Waals surface area contributed by atoms with E-state index in [1.807, 2.05) is 54.6 Å². The van der Waals surface area contributed by atoms with Gasteiger partial charge in [0, 0.05) is 5.56 Å². The minimum atomic E-state index is -0.0438. The third-order valence-electron chi connectivity index (χ3n) is 3.60. The van der Waals surface area contributed by atoms with E-state index in [4.69, 9.17) is 0 Å². The van der Waals surface area contributed by atoms with Crippen LogP contribution in [0.25, 0.3) is 17.2 Å². The molecule has 0 saturated heterocycles. The van der Waals surface area contributed by atoms with Gasteiger partial charge in [-0.15, -0.1) is 0 Å². The highest BCUT2D eigenvalue weighted by Crippen LogP contribution is 2.19. The zero-order valence-corrected chi connectivity index (χ0v) is 12.5. The number of hydrogen-bond acceptors (Lipinski definition) is 2. The summed E-state index contributed by atoms with van der Waals surface area (Å²) in [5.74, 6) is 0.169. The Bertz CT molecular complexity index is 814. The molecule has 0 fully saturated rings. The topological polar surface area (TPSA) is 37.3 Å². The maximum Gasteiger partial charge on any atom is 0.185 e. The number of rotatable bonds is 4. The number of carbonyl (C=O) groups excluding carboxylic acids is 1. The second kappa shape index (κ2) is 6.75. The van der Waals surface area contributed by atoms with Gasteiger partial charge in [-0.3, -0.25) is 4.79 Å². The number of phenols is 1. The molecule has 0 atom stereocenters. The Labute approximate surface area is 135 Å². The van der Waals surface area contributed by atoms with Crippen molar-refractivity contribution in [2.24, 2.45) is 0 Å². The van der Waals surface area contributed by atoms with E-state index in [0.717, 1.165) is 16.7 Å². The van der Waals surface area contributed by atoms with Crippen LogP contribution in [0.15, 0.2) is 84.9 Å². The highest BCUT2D eigenvalue weighted by atomic mass is 16.3. The third-order valence-corrected chi connectivity index (χ3v) is 3.60. The first-order chi connectivity index (χ1) is 11.2. The molecule has 0 bridgehead atoms. The number of phenolic OH excluding ortho intramolecular Hbond substituents is 1. The van der Waals surface area contributed by atoms with E-state index < -0.39 is 0 Å². The van der Waals surface area contributed by atoms with E-state index in [-0.39, 0.29) is 11.5 Å². The molecule has 2 nitrogen and oxygen atoms in total. The summed E-state index contributed by atoms with van der Waals surface area (Å²) in [5, 5.41) is 9.24. The van der Waals surface area contributed by atoms with Gasteiger partial charge in [0.1, 0.15) is 5.75 Å². The van der Waals surface area contributed by atoms with Crippen LogP contribution in [0, 0.1) is 0 Å². The number of carbonyl (C=O) groups is 1. The fourth-order valence-electron chi connectivity index (χ4n) is 2.31. The molecule has 2 heteroatoms. The van der Waals surface area contributed by atoms with E-state index in [0.29, 0.717) is 5.56 Å². The van der Waals surface area contributed by atoms with Crippen molar-refractivity contribution >= 4 is 11.9 Å². The highest BCUT2D eigenvalue weighted by molar-refractivity contribution is 6.07. The number of aromatic hydroxyl groups is 1. The number of benzene rings is 3. The van der Waals surface area contributed by atoms with Crippen molar-refractivity contribution in [1.82, 2.24) is 0 Å². The zero-order valence-electron chi connectivity index (χ0n) is 12.5. The molecule has 0 aliphatic rings. The molecule has 0 aromatic heterocycles. The monoisotopic (exact) mass is 300 g/mol. The average Bonchev–Trinajstić information content (AvgIpc) is 2.62. The normalized spacial score (nSPS) is 10.8. The molecule has 3 aromatic rings. The summed E-state index contributed by atoms with van der Waals surface area (Å²) in [6, 6.07) is 24.4. The summed E-state index contributed by atoms with van der Waals surface area (Å²) >= 11 is 0. The van der Waals surface area contributed by atoms with Crippen LogP contribution in [0.5, 0.6) is 5.75 Å². The van der Waals surface area contributed by atoms with Crippen LogP contribution in [0.4, 0.5) is 0 Å². The van der Waals surface area contributed by atoms with Crippen molar-refractivity contribution in [3.8, 4) is 16.9 Å². The molecule has 0 unspecified atom stereocenters. The van der Waals surface area contributed by atoms with Gasteiger partial charge in [-0.25, -0.2) is 0 Å². The lowest BCUT2D eigenvalue weighted by molar-refractivity contribution is 0.104. The van der Waals surface area contributed by atoms with Crippen LogP contribution in [-0.4, -0.2) is 10.9 Å². The van der Waals surface area contributed by atoms with E-state index in [1.165, 1.54) is 0 Å². The minimum Gasteiger partial charge on any atom is -0.508 e. The number of ketones is 1. The maximum absolute atomic E-state index is 12.2. The summed E-state index contributed by atoms with van der Waals surface area (Å²) < 4.78 is 0. The molecule has 0 amide bonds. The molecule has 0 aliphatic heterocycles. The first-order valence-corrected chi connectivity index (χ1v) is 7.39. The summed E-state index contributed by atoms with van der Waals surface area (Å²) in [4.78, 5) is 12.2.